The largest absolute Gasteiger partial charge is 0.494 e. The molecule has 3 rings (SSSR count). The third kappa shape index (κ3) is 5.25. The Morgan fingerprint density at radius 3 is 2.28 bits per heavy atom. The van der Waals surface area contributed by atoms with E-state index in [2.05, 4.69) is 0 Å². The van der Waals surface area contributed by atoms with Gasteiger partial charge in [-0.05, 0) is 49.1 Å². The Labute approximate surface area is 171 Å². The zero-order valence-electron chi connectivity index (χ0n) is 17.0. The van der Waals surface area contributed by atoms with Crippen molar-refractivity contribution in [2.45, 2.75) is 19.8 Å². The van der Waals surface area contributed by atoms with Crippen LogP contribution in [0, 0.1) is 5.92 Å². The normalized spacial score (nSPS) is 15.1. The maximum absolute atomic E-state index is 13.3. The summed E-state index contributed by atoms with van der Waals surface area (Å²) in [5.41, 5.74) is 2.46. The van der Waals surface area contributed by atoms with Gasteiger partial charge in [0.2, 0.25) is 0 Å². The number of benzene rings is 2. The maximum atomic E-state index is 13.3. The van der Waals surface area contributed by atoms with Crippen molar-refractivity contribution < 1.29 is 19.1 Å². The zero-order chi connectivity index (χ0) is 20.6. The second kappa shape index (κ2) is 9.92. The summed E-state index contributed by atoms with van der Waals surface area (Å²) in [4.78, 5) is 26.9. The lowest BCUT2D eigenvalue weighted by atomic mass is 9.95. The first-order valence-electron chi connectivity index (χ1n) is 9.99. The summed E-state index contributed by atoms with van der Waals surface area (Å²) in [5.74, 6) is 0.472. The molecule has 2 aromatic carbocycles. The molecule has 0 bridgehead atoms. The van der Waals surface area contributed by atoms with E-state index in [-0.39, 0.29) is 17.8 Å². The van der Waals surface area contributed by atoms with E-state index in [1.54, 1.807) is 0 Å². The summed E-state index contributed by atoms with van der Waals surface area (Å²) >= 11 is 0. The van der Waals surface area contributed by atoms with Crippen molar-refractivity contribution >= 4 is 23.5 Å². The third-order valence-corrected chi connectivity index (χ3v) is 5.13. The zero-order valence-corrected chi connectivity index (χ0v) is 17.0. The minimum atomic E-state index is -0.190. The van der Waals surface area contributed by atoms with Crippen LogP contribution in [-0.2, 0) is 14.3 Å². The van der Waals surface area contributed by atoms with Gasteiger partial charge >= 0.3 is 5.97 Å². The monoisotopic (exact) mass is 393 g/mol. The van der Waals surface area contributed by atoms with Crippen LogP contribution in [0.25, 0.3) is 11.6 Å². The molecule has 5 heteroatoms. The van der Waals surface area contributed by atoms with Gasteiger partial charge in [-0.3, -0.25) is 9.59 Å². The number of carbonyl (C=O) groups is 2. The van der Waals surface area contributed by atoms with Crippen LogP contribution in [0.15, 0.2) is 54.6 Å². The summed E-state index contributed by atoms with van der Waals surface area (Å²) in [5, 5.41) is 0. The molecular weight excluding hydrogens is 366 g/mol. The van der Waals surface area contributed by atoms with Gasteiger partial charge in [0.15, 0.2) is 0 Å². The topological polar surface area (TPSA) is 55.8 Å². The summed E-state index contributed by atoms with van der Waals surface area (Å²) in [7, 11) is 1.41. The Kier molecular flexibility index (Phi) is 7.06. The number of hydrogen-bond acceptors (Lipinski definition) is 4. The SMILES string of the molecule is CCOc1ccc(/C=C(/C(=O)N2CCC(C(=O)OC)CC2)c2ccccc2)cc1. The molecule has 0 N–H and O–H groups in total. The van der Waals surface area contributed by atoms with E-state index in [4.69, 9.17) is 9.47 Å². The van der Waals surface area contributed by atoms with Crippen LogP contribution in [0.3, 0.4) is 0 Å². The molecule has 152 valence electrons. The summed E-state index contributed by atoms with van der Waals surface area (Å²) in [6, 6.07) is 17.4. The molecule has 1 saturated heterocycles. The van der Waals surface area contributed by atoms with Crippen molar-refractivity contribution in [3.63, 3.8) is 0 Å². The lowest BCUT2D eigenvalue weighted by Crippen LogP contribution is -2.40. The van der Waals surface area contributed by atoms with Crippen LogP contribution in [0.1, 0.15) is 30.9 Å². The van der Waals surface area contributed by atoms with E-state index in [1.165, 1.54) is 7.11 Å². The van der Waals surface area contributed by atoms with Crippen LogP contribution in [-0.4, -0.2) is 43.6 Å². The molecule has 5 nitrogen and oxygen atoms in total. The molecule has 0 aliphatic carbocycles. The van der Waals surface area contributed by atoms with Gasteiger partial charge in [0.25, 0.3) is 5.91 Å². The number of esters is 1. The van der Waals surface area contributed by atoms with Gasteiger partial charge < -0.3 is 14.4 Å². The van der Waals surface area contributed by atoms with Crippen molar-refractivity contribution in [1.82, 2.24) is 4.90 Å². The quantitative estimate of drug-likeness (QED) is 0.422. The standard InChI is InChI=1S/C24H27NO4/c1-3-29-21-11-9-18(10-12-21)17-22(19-7-5-4-6-8-19)23(26)25-15-13-20(14-16-25)24(27)28-2/h4-12,17,20H,3,13-16H2,1-2H3/b22-17+. The molecule has 0 unspecified atom stereocenters. The molecule has 0 aromatic heterocycles. The predicted octanol–water partition coefficient (Wildman–Crippen LogP) is 4.04. The minimum Gasteiger partial charge on any atom is -0.494 e. The third-order valence-electron chi connectivity index (χ3n) is 5.13. The van der Waals surface area contributed by atoms with Gasteiger partial charge in [-0.25, -0.2) is 0 Å². The van der Waals surface area contributed by atoms with Gasteiger partial charge in [0.05, 0.1) is 19.6 Å². The first kappa shape index (κ1) is 20.6. The number of hydrogen-bond donors (Lipinski definition) is 0. The van der Waals surface area contributed by atoms with Crippen LogP contribution in [0.4, 0.5) is 0 Å². The van der Waals surface area contributed by atoms with Gasteiger partial charge in [-0.15, -0.1) is 0 Å². The Balaban J connectivity index is 1.83. The fourth-order valence-corrected chi connectivity index (χ4v) is 3.54. The lowest BCUT2D eigenvalue weighted by Gasteiger charge is -2.31. The van der Waals surface area contributed by atoms with Crippen molar-refractivity contribution in [2.75, 3.05) is 26.8 Å². The molecular formula is C24H27NO4. The summed E-state index contributed by atoms with van der Waals surface area (Å²) in [6.45, 7) is 3.66. The predicted molar refractivity (Wildman–Crippen MR) is 113 cm³/mol. The number of piperidine rings is 1. The van der Waals surface area contributed by atoms with Crippen molar-refractivity contribution in [3.05, 3.63) is 65.7 Å². The molecule has 0 atom stereocenters. The van der Waals surface area contributed by atoms with E-state index in [1.807, 2.05) is 72.5 Å². The van der Waals surface area contributed by atoms with Crippen molar-refractivity contribution in [1.29, 1.82) is 0 Å². The van der Waals surface area contributed by atoms with E-state index in [9.17, 15) is 9.59 Å². The second-order valence-electron chi connectivity index (χ2n) is 7.02. The van der Waals surface area contributed by atoms with Crippen LogP contribution in [0.2, 0.25) is 0 Å². The molecule has 0 saturated carbocycles. The average molecular weight is 393 g/mol. The summed E-state index contributed by atoms with van der Waals surface area (Å²) < 4.78 is 10.3. The molecule has 1 aliphatic rings. The van der Waals surface area contributed by atoms with Gasteiger partial charge in [0, 0.05) is 18.7 Å². The first-order chi connectivity index (χ1) is 14.1. The van der Waals surface area contributed by atoms with E-state index >= 15 is 0 Å². The second-order valence-corrected chi connectivity index (χ2v) is 7.02. The van der Waals surface area contributed by atoms with E-state index in [0.29, 0.717) is 38.1 Å². The van der Waals surface area contributed by atoms with Gasteiger partial charge in [-0.2, -0.15) is 0 Å². The summed E-state index contributed by atoms with van der Waals surface area (Å²) in [6.07, 6.45) is 3.17. The number of likely N-dealkylation sites (tertiary alicyclic amines) is 1. The number of methoxy groups -OCH3 is 1. The van der Waals surface area contributed by atoms with Crippen LogP contribution in [0.5, 0.6) is 5.75 Å². The fraction of sp³-hybridized carbons (Fsp3) is 0.333. The molecule has 1 heterocycles. The maximum Gasteiger partial charge on any atom is 0.308 e. The smallest absolute Gasteiger partial charge is 0.308 e. The molecule has 1 fully saturated rings. The molecule has 1 aliphatic heterocycles. The molecule has 29 heavy (non-hydrogen) atoms. The first-order valence-corrected chi connectivity index (χ1v) is 9.99. The number of carbonyl (C=O) groups excluding carboxylic acids is 2. The molecule has 2 aromatic rings. The highest BCUT2D eigenvalue weighted by atomic mass is 16.5. The number of ether oxygens (including phenoxy) is 2. The fourth-order valence-electron chi connectivity index (χ4n) is 3.54. The van der Waals surface area contributed by atoms with Crippen molar-refractivity contribution in [2.24, 2.45) is 5.92 Å². The Morgan fingerprint density at radius 1 is 1.03 bits per heavy atom. The highest BCUT2D eigenvalue weighted by molar-refractivity contribution is 6.24. The number of amides is 1. The minimum absolute atomic E-state index is 0.0200. The van der Waals surface area contributed by atoms with Crippen LogP contribution < -0.4 is 4.74 Å². The highest BCUT2D eigenvalue weighted by Gasteiger charge is 2.29. The molecule has 1 amide bonds. The number of rotatable bonds is 6. The Bertz CT molecular complexity index is 850. The van der Waals surface area contributed by atoms with Crippen LogP contribution >= 0.6 is 0 Å². The molecule has 0 spiro atoms. The Hall–Kier alpha value is -3.08. The molecule has 0 radical (unpaired) electrons. The van der Waals surface area contributed by atoms with Gasteiger partial charge in [0.1, 0.15) is 5.75 Å². The average Bonchev–Trinajstić information content (AvgIpc) is 2.78. The lowest BCUT2D eigenvalue weighted by molar-refractivity contribution is -0.148. The highest BCUT2D eigenvalue weighted by Crippen LogP contribution is 2.26. The van der Waals surface area contributed by atoms with Gasteiger partial charge in [-0.1, -0.05) is 42.5 Å². The number of nitrogens with zero attached hydrogens (tertiary/aromatic N) is 1. The van der Waals surface area contributed by atoms with E-state index in [0.717, 1.165) is 16.9 Å². The van der Waals surface area contributed by atoms with E-state index < -0.39 is 0 Å². The Morgan fingerprint density at radius 2 is 1.69 bits per heavy atom. The van der Waals surface area contributed by atoms with Crippen molar-refractivity contribution in [3.8, 4) is 5.75 Å².